The van der Waals surface area contributed by atoms with Gasteiger partial charge in [-0.15, -0.1) is 0 Å². The summed E-state index contributed by atoms with van der Waals surface area (Å²) in [5.41, 5.74) is 0.715. The van der Waals surface area contributed by atoms with Crippen molar-refractivity contribution in [3.05, 3.63) is 64.1 Å². The molecule has 2 N–H and O–H groups in total. The molecule has 0 aliphatic carbocycles. The molecule has 2 rings (SSSR count). The maximum absolute atomic E-state index is 12.0. The maximum Gasteiger partial charge on any atom is 0.256 e. The van der Waals surface area contributed by atoms with E-state index in [1.165, 1.54) is 10.8 Å². The Morgan fingerprint density at radius 3 is 2.67 bits per heavy atom. The van der Waals surface area contributed by atoms with Crippen molar-refractivity contribution in [2.75, 3.05) is 6.54 Å². The summed E-state index contributed by atoms with van der Waals surface area (Å²) in [6.07, 6.45) is 2.20. The number of aromatic hydroxyl groups is 1. The lowest BCUT2D eigenvalue weighted by atomic mass is 10.2. The minimum atomic E-state index is -0.379. The second-order valence-corrected chi connectivity index (χ2v) is 4.78. The highest BCUT2D eigenvalue weighted by atomic mass is 16.3. The number of nitrogens with zero attached hydrogens (tertiary/aromatic N) is 1. The zero-order chi connectivity index (χ0) is 15.2. The molecule has 21 heavy (non-hydrogen) atoms. The normalized spacial score (nSPS) is 10.3. The monoisotopic (exact) mass is 286 g/mol. The van der Waals surface area contributed by atoms with Crippen LogP contribution in [0.5, 0.6) is 5.75 Å². The van der Waals surface area contributed by atoms with Gasteiger partial charge >= 0.3 is 0 Å². The molecule has 1 amide bonds. The number of hydrogen-bond donors (Lipinski definition) is 2. The topological polar surface area (TPSA) is 71.3 Å². The average molecular weight is 286 g/mol. The van der Waals surface area contributed by atoms with Gasteiger partial charge < -0.3 is 15.0 Å². The fourth-order valence-electron chi connectivity index (χ4n) is 1.98. The summed E-state index contributed by atoms with van der Waals surface area (Å²) in [4.78, 5) is 23.9. The van der Waals surface area contributed by atoms with Crippen LogP contribution >= 0.6 is 0 Å². The minimum absolute atomic E-state index is 0.110. The van der Waals surface area contributed by atoms with E-state index in [1.54, 1.807) is 0 Å². The number of pyridine rings is 1. The Kier molecular flexibility index (Phi) is 4.77. The first-order valence-electron chi connectivity index (χ1n) is 6.87. The quantitative estimate of drug-likeness (QED) is 0.879. The fraction of sp³-hybridized carbons (Fsp3) is 0.250. The zero-order valence-electron chi connectivity index (χ0n) is 11.9. The summed E-state index contributed by atoms with van der Waals surface area (Å²) in [6, 6.07) is 10.5. The third-order valence-electron chi connectivity index (χ3n) is 3.08. The van der Waals surface area contributed by atoms with Crippen molar-refractivity contribution in [1.29, 1.82) is 0 Å². The number of hydrogen-bond acceptors (Lipinski definition) is 3. The Hall–Kier alpha value is -2.56. The molecule has 110 valence electrons. The van der Waals surface area contributed by atoms with Gasteiger partial charge in [0, 0.05) is 18.8 Å². The van der Waals surface area contributed by atoms with Crippen LogP contribution in [0.15, 0.2) is 47.4 Å². The molecule has 1 aromatic heterocycles. The maximum atomic E-state index is 12.0. The van der Waals surface area contributed by atoms with Crippen LogP contribution in [0, 0.1) is 0 Å². The van der Waals surface area contributed by atoms with Crippen LogP contribution in [0.3, 0.4) is 0 Å². The van der Waals surface area contributed by atoms with Crippen molar-refractivity contribution >= 4 is 5.91 Å². The van der Waals surface area contributed by atoms with E-state index < -0.39 is 0 Å². The molecule has 0 atom stereocenters. The lowest BCUT2D eigenvalue weighted by Crippen LogP contribution is -2.27. The van der Waals surface area contributed by atoms with E-state index in [0.717, 1.165) is 18.1 Å². The molecular weight excluding hydrogens is 268 g/mol. The van der Waals surface area contributed by atoms with Gasteiger partial charge in [0.05, 0.1) is 12.1 Å². The van der Waals surface area contributed by atoms with Crippen molar-refractivity contribution in [1.82, 2.24) is 9.88 Å². The summed E-state index contributed by atoms with van der Waals surface area (Å²) in [5.74, 6) is -0.672. The van der Waals surface area contributed by atoms with E-state index in [0.29, 0.717) is 13.1 Å². The number of benzene rings is 1. The van der Waals surface area contributed by atoms with Gasteiger partial charge in [0.2, 0.25) is 0 Å². The smallest absolute Gasteiger partial charge is 0.256 e. The number of carbonyl (C=O) groups is 1. The van der Waals surface area contributed by atoms with Gasteiger partial charge in [-0.25, -0.2) is 0 Å². The second kappa shape index (κ2) is 6.74. The number of amides is 1. The molecule has 2 aromatic rings. The van der Waals surface area contributed by atoms with Gasteiger partial charge in [-0.05, 0) is 12.0 Å². The molecule has 0 aliphatic rings. The van der Waals surface area contributed by atoms with Crippen molar-refractivity contribution in [3.63, 3.8) is 0 Å². The van der Waals surface area contributed by atoms with E-state index >= 15 is 0 Å². The molecular formula is C16H18N2O3. The minimum Gasteiger partial charge on any atom is -0.507 e. The SMILES string of the molecule is CCCNC(=O)c1cn(Cc2ccccc2)c(=O)cc1O. The summed E-state index contributed by atoms with van der Waals surface area (Å²) < 4.78 is 1.41. The van der Waals surface area contributed by atoms with E-state index in [-0.39, 0.29) is 22.8 Å². The first-order chi connectivity index (χ1) is 10.1. The molecule has 0 spiro atoms. The first-order valence-corrected chi connectivity index (χ1v) is 6.87. The highest BCUT2D eigenvalue weighted by Gasteiger charge is 2.13. The van der Waals surface area contributed by atoms with Crippen LogP contribution in [-0.2, 0) is 6.54 Å². The fourth-order valence-corrected chi connectivity index (χ4v) is 1.98. The van der Waals surface area contributed by atoms with E-state index in [4.69, 9.17) is 0 Å². The first kappa shape index (κ1) is 14.8. The number of rotatable bonds is 5. The zero-order valence-corrected chi connectivity index (χ0v) is 11.9. The van der Waals surface area contributed by atoms with Crippen molar-refractivity contribution in [2.45, 2.75) is 19.9 Å². The van der Waals surface area contributed by atoms with Crippen molar-refractivity contribution in [3.8, 4) is 5.75 Å². The molecule has 1 aromatic carbocycles. The number of nitrogens with one attached hydrogen (secondary N) is 1. The molecule has 0 aliphatic heterocycles. The van der Waals surface area contributed by atoms with Crippen LogP contribution in [0.2, 0.25) is 0 Å². The van der Waals surface area contributed by atoms with Gasteiger partial charge in [-0.2, -0.15) is 0 Å². The van der Waals surface area contributed by atoms with Crippen LogP contribution in [-0.4, -0.2) is 22.1 Å². The van der Waals surface area contributed by atoms with Gasteiger partial charge in [0.25, 0.3) is 11.5 Å². The van der Waals surface area contributed by atoms with E-state index in [1.807, 2.05) is 37.3 Å². The molecule has 5 nitrogen and oxygen atoms in total. The molecule has 0 bridgehead atoms. The van der Waals surface area contributed by atoms with Gasteiger partial charge in [-0.3, -0.25) is 9.59 Å². The van der Waals surface area contributed by atoms with E-state index in [2.05, 4.69) is 5.32 Å². The standard InChI is InChI=1S/C16H18N2O3/c1-2-8-17-16(21)13-11-18(15(20)9-14(13)19)10-12-6-4-3-5-7-12/h3-7,9,11,19H,2,8,10H2,1H3,(H,17,21). The Morgan fingerprint density at radius 2 is 2.00 bits per heavy atom. The van der Waals surface area contributed by atoms with Crippen LogP contribution < -0.4 is 10.9 Å². The van der Waals surface area contributed by atoms with Gasteiger partial charge in [0.1, 0.15) is 5.75 Å². The largest absolute Gasteiger partial charge is 0.507 e. The highest BCUT2D eigenvalue weighted by Crippen LogP contribution is 2.14. The molecule has 0 fully saturated rings. The lowest BCUT2D eigenvalue weighted by molar-refractivity contribution is 0.0950. The van der Waals surface area contributed by atoms with Gasteiger partial charge in [0.15, 0.2) is 0 Å². The molecule has 0 saturated heterocycles. The summed E-state index contributed by atoms with van der Waals surface area (Å²) in [7, 11) is 0. The third-order valence-corrected chi connectivity index (χ3v) is 3.08. The second-order valence-electron chi connectivity index (χ2n) is 4.78. The predicted octanol–water partition coefficient (Wildman–Crippen LogP) is 1.74. The van der Waals surface area contributed by atoms with Crippen molar-refractivity contribution < 1.29 is 9.90 Å². The predicted molar refractivity (Wildman–Crippen MR) is 80.5 cm³/mol. The molecule has 1 heterocycles. The number of carbonyl (C=O) groups excluding carboxylic acids is 1. The summed E-state index contributed by atoms with van der Waals surface area (Å²) in [5, 5.41) is 12.5. The number of aromatic nitrogens is 1. The highest BCUT2D eigenvalue weighted by molar-refractivity contribution is 5.96. The van der Waals surface area contributed by atoms with Gasteiger partial charge in [-0.1, -0.05) is 37.3 Å². The third kappa shape index (κ3) is 3.72. The van der Waals surface area contributed by atoms with E-state index in [9.17, 15) is 14.7 Å². The summed E-state index contributed by atoms with van der Waals surface area (Å²) in [6.45, 7) is 2.82. The van der Waals surface area contributed by atoms with Crippen molar-refractivity contribution in [2.24, 2.45) is 0 Å². The average Bonchev–Trinajstić information content (AvgIpc) is 2.48. The van der Waals surface area contributed by atoms with Crippen LogP contribution in [0.25, 0.3) is 0 Å². The Bertz CT molecular complexity index is 678. The van der Waals surface area contributed by atoms with Crippen LogP contribution in [0.1, 0.15) is 29.3 Å². The molecule has 0 saturated carbocycles. The Labute approximate surface area is 122 Å². The summed E-state index contributed by atoms with van der Waals surface area (Å²) >= 11 is 0. The molecule has 0 radical (unpaired) electrons. The molecule has 5 heteroatoms. The molecule has 0 unspecified atom stereocenters. The lowest BCUT2D eigenvalue weighted by Gasteiger charge is -2.10. The Morgan fingerprint density at radius 1 is 1.29 bits per heavy atom. The van der Waals surface area contributed by atoms with Crippen LogP contribution in [0.4, 0.5) is 0 Å². The Balaban J connectivity index is 2.30.